The monoisotopic (exact) mass is 460 g/mol. The standard InChI is InChI=1S/C27H32N4O3/c28-25(29)21-11-8-10-19(17-21)22-18-20-9-2-3-12-23(20)31(26(22)32)16-6-1-5-14-30-15-7-4-13-24(30)27(33)34/h2-3,8-12,17-18,24H,1,4-7,13-16H2,(H3,28,29)(H,33,34). The molecule has 0 aliphatic carbocycles. The highest BCUT2D eigenvalue weighted by atomic mass is 16.4. The number of carboxylic acid groups (broad SMARTS) is 1. The van der Waals surface area contributed by atoms with Crippen LogP contribution < -0.4 is 11.3 Å². The van der Waals surface area contributed by atoms with Crippen molar-refractivity contribution in [1.29, 1.82) is 5.41 Å². The van der Waals surface area contributed by atoms with Gasteiger partial charge in [-0.3, -0.25) is 19.9 Å². The van der Waals surface area contributed by atoms with Crippen LogP contribution >= 0.6 is 0 Å². The quantitative estimate of drug-likeness (QED) is 0.253. The van der Waals surface area contributed by atoms with Gasteiger partial charge in [-0.15, -0.1) is 0 Å². The molecule has 2 aromatic carbocycles. The minimum Gasteiger partial charge on any atom is -0.480 e. The lowest BCUT2D eigenvalue weighted by molar-refractivity contribution is -0.144. The SMILES string of the molecule is N=C(N)c1cccc(-c2cc3ccccc3n(CCCCCN3CCCCC3C(=O)O)c2=O)c1. The first kappa shape index (κ1) is 23.7. The van der Waals surface area contributed by atoms with Crippen molar-refractivity contribution >= 4 is 22.7 Å². The van der Waals surface area contributed by atoms with Gasteiger partial charge in [-0.05, 0) is 67.9 Å². The first-order valence-electron chi connectivity index (χ1n) is 12.0. The van der Waals surface area contributed by atoms with Crippen LogP contribution in [0.2, 0.25) is 0 Å². The Balaban J connectivity index is 1.50. The van der Waals surface area contributed by atoms with Crippen molar-refractivity contribution < 1.29 is 9.90 Å². The Morgan fingerprint density at radius 2 is 1.82 bits per heavy atom. The number of carboxylic acids is 1. The molecule has 0 amide bonds. The zero-order valence-corrected chi connectivity index (χ0v) is 19.4. The first-order chi connectivity index (χ1) is 16.5. The van der Waals surface area contributed by atoms with Gasteiger partial charge in [-0.1, -0.05) is 49.2 Å². The number of para-hydroxylation sites is 1. The molecule has 34 heavy (non-hydrogen) atoms. The van der Waals surface area contributed by atoms with Crippen molar-refractivity contribution in [3.63, 3.8) is 0 Å². The second kappa shape index (κ2) is 10.7. The molecule has 4 N–H and O–H groups in total. The summed E-state index contributed by atoms with van der Waals surface area (Å²) in [5.74, 6) is -0.745. The van der Waals surface area contributed by atoms with Crippen LogP contribution in [-0.4, -0.2) is 45.5 Å². The number of piperidine rings is 1. The maximum atomic E-state index is 13.5. The Bertz CT molecular complexity index is 1250. The third-order valence-electron chi connectivity index (χ3n) is 6.71. The molecule has 2 heterocycles. The van der Waals surface area contributed by atoms with Crippen LogP contribution in [0.5, 0.6) is 0 Å². The van der Waals surface area contributed by atoms with E-state index >= 15 is 0 Å². The first-order valence-corrected chi connectivity index (χ1v) is 12.0. The van der Waals surface area contributed by atoms with E-state index in [1.54, 1.807) is 12.1 Å². The zero-order chi connectivity index (χ0) is 24.1. The van der Waals surface area contributed by atoms with Gasteiger partial charge >= 0.3 is 5.97 Å². The number of likely N-dealkylation sites (tertiary alicyclic amines) is 1. The van der Waals surface area contributed by atoms with Gasteiger partial charge in [0.15, 0.2) is 0 Å². The van der Waals surface area contributed by atoms with Crippen molar-refractivity contribution in [3.8, 4) is 11.1 Å². The predicted octanol–water partition coefficient (Wildman–Crippen LogP) is 4.06. The molecule has 1 aliphatic rings. The number of fused-ring (bicyclic) bond motifs is 1. The van der Waals surface area contributed by atoms with E-state index in [1.807, 2.05) is 47.0 Å². The van der Waals surface area contributed by atoms with Crippen LogP contribution in [0.25, 0.3) is 22.0 Å². The number of hydrogen-bond acceptors (Lipinski definition) is 4. The summed E-state index contributed by atoms with van der Waals surface area (Å²) < 4.78 is 1.84. The largest absolute Gasteiger partial charge is 0.480 e. The number of amidine groups is 1. The minimum atomic E-state index is -0.719. The van der Waals surface area contributed by atoms with Crippen LogP contribution in [0.15, 0.2) is 59.4 Å². The number of benzene rings is 2. The van der Waals surface area contributed by atoms with E-state index in [2.05, 4.69) is 4.90 Å². The minimum absolute atomic E-state index is 0.0261. The summed E-state index contributed by atoms with van der Waals surface area (Å²) >= 11 is 0. The van der Waals surface area contributed by atoms with Crippen molar-refractivity contribution in [1.82, 2.24) is 9.47 Å². The van der Waals surface area contributed by atoms with Gasteiger partial charge in [0.25, 0.3) is 5.56 Å². The topological polar surface area (TPSA) is 112 Å². The molecule has 1 atom stereocenters. The third kappa shape index (κ3) is 5.20. The molecular formula is C27H32N4O3. The maximum absolute atomic E-state index is 13.5. The lowest BCUT2D eigenvalue weighted by Gasteiger charge is -2.32. The second-order valence-corrected chi connectivity index (χ2v) is 9.01. The van der Waals surface area contributed by atoms with E-state index in [4.69, 9.17) is 11.1 Å². The van der Waals surface area contributed by atoms with Gasteiger partial charge in [0.05, 0.1) is 5.52 Å². The van der Waals surface area contributed by atoms with E-state index in [0.29, 0.717) is 17.7 Å². The number of aryl methyl sites for hydroxylation is 1. The summed E-state index contributed by atoms with van der Waals surface area (Å²) in [6, 6.07) is 16.7. The van der Waals surface area contributed by atoms with Crippen LogP contribution in [0.3, 0.4) is 0 Å². The summed E-state index contributed by atoms with van der Waals surface area (Å²) in [5.41, 5.74) is 8.45. The predicted molar refractivity (Wildman–Crippen MR) is 135 cm³/mol. The third-order valence-corrected chi connectivity index (χ3v) is 6.71. The lowest BCUT2D eigenvalue weighted by atomic mass is 10.0. The number of carbonyl (C=O) groups is 1. The number of nitrogens with zero attached hydrogens (tertiary/aromatic N) is 2. The molecule has 1 unspecified atom stereocenters. The van der Waals surface area contributed by atoms with Gasteiger partial charge in [0.1, 0.15) is 11.9 Å². The molecule has 1 aromatic heterocycles. The maximum Gasteiger partial charge on any atom is 0.320 e. The van der Waals surface area contributed by atoms with E-state index in [1.165, 1.54) is 0 Å². The molecule has 4 rings (SSSR count). The van der Waals surface area contributed by atoms with Crippen molar-refractivity contribution in [2.75, 3.05) is 13.1 Å². The van der Waals surface area contributed by atoms with Gasteiger partial charge in [0, 0.05) is 17.7 Å². The molecule has 1 aliphatic heterocycles. The average Bonchev–Trinajstić information content (AvgIpc) is 2.85. The fraction of sp³-hybridized carbons (Fsp3) is 0.370. The normalized spacial score (nSPS) is 16.5. The van der Waals surface area contributed by atoms with E-state index in [-0.39, 0.29) is 17.4 Å². The Hall–Kier alpha value is -3.45. The van der Waals surface area contributed by atoms with E-state index in [9.17, 15) is 14.7 Å². The molecule has 3 aromatic rings. The summed E-state index contributed by atoms with van der Waals surface area (Å²) in [4.78, 5) is 27.1. The number of nitrogens with two attached hydrogens (primary N) is 1. The van der Waals surface area contributed by atoms with Crippen LogP contribution in [0, 0.1) is 5.41 Å². The lowest BCUT2D eigenvalue weighted by Crippen LogP contribution is -2.44. The van der Waals surface area contributed by atoms with Crippen LogP contribution in [0.4, 0.5) is 0 Å². The van der Waals surface area contributed by atoms with E-state index in [0.717, 1.165) is 68.1 Å². The molecule has 178 valence electrons. The van der Waals surface area contributed by atoms with Crippen molar-refractivity contribution in [3.05, 3.63) is 70.5 Å². The molecule has 1 saturated heterocycles. The van der Waals surface area contributed by atoms with Crippen molar-refractivity contribution in [2.45, 2.75) is 51.1 Å². The Morgan fingerprint density at radius 3 is 2.62 bits per heavy atom. The average molecular weight is 461 g/mol. The number of aliphatic carboxylic acids is 1. The highest BCUT2D eigenvalue weighted by Crippen LogP contribution is 2.23. The number of rotatable bonds is 9. The molecule has 0 radical (unpaired) electrons. The van der Waals surface area contributed by atoms with E-state index < -0.39 is 5.97 Å². The Labute approximate surface area is 199 Å². The van der Waals surface area contributed by atoms with Gasteiger partial charge in [-0.25, -0.2) is 0 Å². The molecule has 7 heteroatoms. The molecule has 0 spiro atoms. The Morgan fingerprint density at radius 1 is 1.03 bits per heavy atom. The molecule has 7 nitrogen and oxygen atoms in total. The number of unbranched alkanes of at least 4 members (excludes halogenated alkanes) is 2. The number of nitrogen functional groups attached to an aromatic ring is 1. The number of nitrogens with one attached hydrogen (secondary N) is 1. The van der Waals surface area contributed by atoms with Crippen LogP contribution in [-0.2, 0) is 11.3 Å². The number of hydrogen-bond donors (Lipinski definition) is 3. The van der Waals surface area contributed by atoms with Gasteiger partial charge in [0.2, 0.25) is 0 Å². The fourth-order valence-electron chi connectivity index (χ4n) is 4.91. The van der Waals surface area contributed by atoms with Crippen LogP contribution in [0.1, 0.15) is 44.1 Å². The number of aromatic nitrogens is 1. The van der Waals surface area contributed by atoms with Gasteiger partial charge < -0.3 is 15.4 Å². The molecule has 1 fully saturated rings. The fourth-order valence-corrected chi connectivity index (χ4v) is 4.91. The molecule has 0 saturated carbocycles. The highest BCUT2D eigenvalue weighted by Gasteiger charge is 2.27. The zero-order valence-electron chi connectivity index (χ0n) is 19.4. The van der Waals surface area contributed by atoms with Crippen molar-refractivity contribution in [2.24, 2.45) is 5.73 Å². The smallest absolute Gasteiger partial charge is 0.320 e. The molecular weight excluding hydrogens is 428 g/mol. The van der Waals surface area contributed by atoms with Gasteiger partial charge in [-0.2, -0.15) is 0 Å². The summed E-state index contributed by atoms with van der Waals surface area (Å²) in [6.45, 7) is 2.23. The molecule has 0 bridgehead atoms. The highest BCUT2D eigenvalue weighted by molar-refractivity contribution is 5.96. The summed E-state index contributed by atoms with van der Waals surface area (Å²) in [7, 11) is 0. The number of pyridine rings is 1. The Kier molecular flexibility index (Phi) is 7.43. The second-order valence-electron chi connectivity index (χ2n) is 9.01. The summed E-state index contributed by atoms with van der Waals surface area (Å²) in [5, 5.41) is 18.2. The summed E-state index contributed by atoms with van der Waals surface area (Å²) in [6.07, 6.45) is 5.45.